The molecule has 1 aliphatic carbocycles. The van der Waals surface area contributed by atoms with E-state index in [9.17, 15) is 10.1 Å². The minimum absolute atomic E-state index is 0.286. The van der Waals surface area contributed by atoms with E-state index in [1.54, 1.807) is 5.38 Å². The first-order valence-electron chi connectivity index (χ1n) is 6.27. The summed E-state index contributed by atoms with van der Waals surface area (Å²) in [7, 11) is 0. The van der Waals surface area contributed by atoms with Crippen LogP contribution in [0.5, 0.6) is 0 Å². The second kappa shape index (κ2) is 5.91. The summed E-state index contributed by atoms with van der Waals surface area (Å²) in [6.45, 7) is 0. The van der Waals surface area contributed by atoms with E-state index in [4.69, 9.17) is 0 Å². The van der Waals surface area contributed by atoms with E-state index < -0.39 is 5.54 Å². The number of amides is 1. The summed E-state index contributed by atoms with van der Waals surface area (Å²) in [5.41, 5.74) is -0.419. The summed E-state index contributed by atoms with van der Waals surface area (Å²) in [6, 6.07) is 2.30. The van der Waals surface area contributed by atoms with E-state index in [2.05, 4.69) is 21.0 Å². The molecule has 1 saturated carbocycles. The summed E-state index contributed by atoms with van der Waals surface area (Å²) in [6.07, 6.45) is 6.94. The Hall–Kier alpha value is -1.48. The molecule has 1 aromatic heterocycles. The van der Waals surface area contributed by atoms with Crippen LogP contribution in [0, 0.1) is 11.3 Å². The zero-order valence-corrected chi connectivity index (χ0v) is 11.0. The van der Waals surface area contributed by atoms with Gasteiger partial charge in [-0.15, -0.1) is 5.10 Å². The van der Waals surface area contributed by atoms with Gasteiger partial charge in [-0.25, -0.2) is 0 Å². The van der Waals surface area contributed by atoms with Crippen molar-refractivity contribution in [3.8, 4) is 6.07 Å². The molecule has 0 aromatic carbocycles. The van der Waals surface area contributed by atoms with Gasteiger partial charge in [0.1, 0.15) is 5.54 Å². The Morgan fingerprint density at radius 2 is 2.00 bits per heavy atom. The lowest BCUT2D eigenvalue weighted by atomic mass is 9.85. The van der Waals surface area contributed by atoms with Gasteiger partial charge in [-0.3, -0.25) is 4.79 Å². The fourth-order valence-electron chi connectivity index (χ4n) is 2.32. The molecule has 0 atom stereocenters. The molecule has 0 spiro atoms. The van der Waals surface area contributed by atoms with Gasteiger partial charge in [0.15, 0.2) is 5.69 Å². The topological polar surface area (TPSA) is 78.7 Å². The molecule has 0 saturated heterocycles. The van der Waals surface area contributed by atoms with Crippen molar-refractivity contribution < 1.29 is 4.79 Å². The standard InChI is InChI=1S/C12H16N4OS/c13-9-12(6-4-2-1-3-5-7-12)14-11(17)10-8-18-16-15-10/h8H,1-7H2,(H,14,17). The van der Waals surface area contributed by atoms with Crippen LogP contribution in [0.4, 0.5) is 0 Å². The molecule has 18 heavy (non-hydrogen) atoms. The number of nitrogens with one attached hydrogen (secondary N) is 1. The molecular weight excluding hydrogens is 248 g/mol. The molecular formula is C12H16N4OS. The molecule has 0 radical (unpaired) electrons. The zero-order chi connectivity index (χ0) is 12.8. The molecule has 2 rings (SSSR count). The molecule has 1 N–H and O–H groups in total. The van der Waals surface area contributed by atoms with Crippen LogP contribution < -0.4 is 5.32 Å². The van der Waals surface area contributed by atoms with E-state index in [0.29, 0.717) is 5.69 Å². The maximum Gasteiger partial charge on any atom is 0.273 e. The van der Waals surface area contributed by atoms with Gasteiger partial charge in [0.05, 0.1) is 6.07 Å². The predicted octanol–water partition coefficient (Wildman–Crippen LogP) is 2.27. The Morgan fingerprint density at radius 1 is 1.33 bits per heavy atom. The number of aromatic nitrogens is 2. The predicted molar refractivity (Wildman–Crippen MR) is 68.0 cm³/mol. The number of carbonyl (C=O) groups excluding carboxylic acids is 1. The lowest BCUT2D eigenvalue weighted by molar-refractivity contribution is 0.0902. The second-order valence-corrected chi connectivity index (χ2v) is 5.32. The number of rotatable bonds is 2. The summed E-state index contributed by atoms with van der Waals surface area (Å²) in [4.78, 5) is 12.0. The molecule has 0 aliphatic heterocycles. The van der Waals surface area contributed by atoms with Gasteiger partial charge in [-0.1, -0.05) is 36.6 Å². The average Bonchev–Trinajstić information content (AvgIpc) is 2.86. The van der Waals surface area contributed by atoms with Crippen molar-refractivity contribution >= 4 is 17.4 Å². The molecule has 0 bridgehead atoms. The van der Waals surface area contributed by atoms with Gasteiger partial charge in [0.2, 0.25) is 0 Å². The summed E-state index contributed by atoms with van der Waals surface area (Å²) in [5, 5.41) is 17.6. The Bertz CT molecular complexity index is 429. The maximum absolute atomic E-state index is 12.0. The summed E-state index contributed by atoms with van der Waals surface area (Å²) in [5.74, 6) is -0.286. The highest BCUT2D eigenvalue weighted by Crippen LogP contribution is 2.26. The van der Waals surface area contributed by atoms with Gasteiger partial charge in [0.25, 0.3) is 5.91 Å². The van der Waals surface area contributed by atoms with Crippen LogP contribution in [0.25, 0.3) is 0 Å². The molecule has 1 aliphatic rings. The zero-order valence-electron chi connectivity index (χ0n) is 10.2. The number of nitriles is 1. The Labute approximate surface area is 110 Å². The van der Waals surface area contributed by atoms with E-state index in [1.165, 1.54) is 6.42 Å². The van der Waals surface area contributed by atoms with Crippen molar-refractivity contribution in [2.24, 2.45) is 0 Å². The van der Waals surface area contributed by atoms with Crippen molar-refractivity contribution in [3.05, 3.63) is 11.1 Å². The van der Waals surface area contributed by atoms with Crippen LogP contribution in [0.3, 0.4) is 0 Å². The minimum Gasteiger partial charge on any atom is -0.332 e. The van der Waals surface area contributed by atoms with Crippen LogP contribution in [-0.2, 0) is 0 Å². The summed E-state index contributed by atoms with van der Waals surface area (Å²) >= 11 is 1.14. The van der Waals surface area contributed by atoms with Crippen molar-refractivity contribution in [1.82, 2.24) is 14.9 Å². The fraction of sp³-hybridized carbons (Fsp3) is 0.667. The van der Waals surface area contributed by atoms with Crippen molar-refractivity contribution in [2.45, 2.75) is 50.5 Å². The number of nitrogens with zero attached hydrogens (tertiary/aromatic N) is 3. The van der Waals surface area contributed by atoms with Crippen LogP contribution in [0.2, 0.25) is 0 Å². The number of hydrogen-bond donors (Lipinski definition) is 1. The van der Waals surface area contributed by atoms with Crippen molar-refractivity contribution in [2.75, 3.05) is 0 Å². The molecule has 5 nitrogen and oxygen atoms in total. The van der Waals surface area contributed by atoms with Crippen LogP contribution in [0.15, 0.2) is 5.38 Å². The first-order chi connectivity index (χ1) is 8.76. The highest BCUT2D eigenvalue weighted by atomic mass is 32.1. The van der Waals surface area contributed by atoms with E-state index in [0.717, 1.165) is 50.1 Å². The quantitative estimate of drug-likeness (QED) is 0.888. The normalized spacial score (nSPS) is 19.3. The highest BCUT2D eigenvalue weighted by molar-refractivity contribution is 7.03. The maximum atomic E-state index is 12.0. The first-order valence-corrected chi connectivity index (χ1v) is 7.10. The molecule has 1 fully saturated rings. The Balaban J connectivity index is 2.07. The molecule has 1 amide bonds. The van der Waals surface area contributed by atoms with E-state index in [1.807, 2.05) is 0 Å². The number of carbonyl (C=O) groups is 1. The monoisotopic (exact) mass is 264 g/mol. The third-order valence-electron chi connectivity index (χ3n) is 3.37. The van der Waals surface area contributed by atoms with E-state index >= 15 is 0 Å². The van der Waals surface area contributed by atoms with Gasteiger partial charge in [-0.2, -0.15) is 5.26 Å². The first kappa shape index (κ1) is 13.0. The average molecular weight is 264 g/mol. The minimum atomic E-state index is -0.721. The third kappa shape index (κ3) is 3.05. The molecule has 0 unspecified atom stereocenters. The number of hydrogen-bond acceptors (Lipinski definition) is 5. The smallest absolute Gasteiger partial charge is 0.273 e. The van der Waals surface area contributed by atoms with Crippen LogP contribution in [0.1, 0.15) is 55.4 Å². The van der Waals surface area contributed by atoms with Gasteiger partial charge in [-0.05, 0) is 24.4 Å². The van der Waals surface area contributed by atoms with Crippen molar-refractivity contribution in [3.63, 3.8) is 0 Å². The molecule has 1 aromatic rings. The third-order valence-corrected chi connectivity index (χ3v) is 3.87. The lowest BCUT2D eigenvalue weighted by Gasteiger charge is -2.29. The Kier molecular flexibility index (Phi) is 4.26. The van der Waals surface area contributed by atoms with E-state index in [-0.39, 0.29) is 5.91 Å². The SMILES string of the molecule is N#CC1(NC(=O)c2csnn2)CCCCCCC1. The highest BCUT2D eigenvalue weighted by Gasteiger charge is 2.32. The lowest BCUT2D eigenvalue weighted by Crippen LogP contribution is -2.47. The Morgan fingerprint density at radius 3 is 2.56 bits per heavy atom. The molecule has 6 heteroatoms. The van der Waals surface area contributed by atoms with Crippen molar-refractivity contribution in [1.29, 1.82) is 5.26 Å². The molecule has 96 valence electrons. The van der Waals surface area contributed by atoms with Gasteiger partial charge >= 0.3 is 0 Å². The van der Waals surface area contributed by atoms with Crippen LogP contribution >= 0.6 is 11.5 Å². The second-order valence-electron chi connectivity index (χ2n) is 4.71. The fourth-order valence-corrected chi connectivity index (χ4v) is 2.75. The van der Waals surface area contributed by atoms with Gasteiger partial charge < -0.3 is 5.32 Å². The van der Waals surface area contributed by atoms with Gasteiger partial charge in [0, 0.05) is 5.38 Å². The largest absolute Gasteiger partial charge is 0.332 e. The van der Waals surface area contributed by atoms with Crippen LogP contribution in [-0.4, -0.2) is 21.0 Å². The molecule has 1 heterocycles. The summed E-state index contributed by atoms with van der Waals surface area (Å²) < 4.78 is 3.67.